The fourth-order valence-electron chi connectivity index (χ4n) is 3.28. The number of amides is 4. The van der Waals surface area contributed by atoms with Crippen LogP contribution in [0.4, 0.5) is 9.80 Å². The number of nitrogens with zero attached hydrogens (tertiary/aromatic N) is 1. The topological polar surface area (TPSA) is 131 Å². The van der Waals surface area contributed by atoms with Crippen molar-refractivity contribution in [3.05, 3.63) is 41.5 Å². The summed E-state index contributed by atoms with van der Waals surface area (Å²) < 4.78 is 0. The summed E-state index contributed by atoms with van der Waals surface area (Å²) in [4.78, 5) is 37.0. The molecule has 29 heavy (non-hydrogen) atoms. The second-order valence-electron chi connectivity index (χ2n) is 6.92. The third-order valence-electron chi connectivity index (χ3n) is 4.75. The normalized spacial score (nSPS) is 13.7. The summed E-state index contributed by atoms with van der Waals surface area (Å²) in [5.74, 6) is -0.351. The Hall–Kier alpha value is -2.91. The monoisotopic (exact) mass is 415 g/mol. The highest BCUT2D eigenvalue weighted by Crippen LogP contribution is 2.35. The Morgan fingerprint density at radius 1 is 1.17 bits per heavy atom. The second-order valence-corrected chi connectivity index (χ2v) is 7.97. The average Bonchev–Trinajstić information content (AvgIpc) is 3.28. The van der Waals surface area contributed by atoms with Crippen LogP contribution in [-0.4, -0.2) is 42.4 Å². The molecule has 1 aromatic carbocycles. The molecule has 3 rings (SSSR count). The number of carbonyl (C=O) groups is 3. The van der Waals surface area contributed by atoms with E-state index < -0.39 is 11.9 Å². The summed E-state index contributed by atoms with van der Waals surface area (Å²) in [6.07, 6.45) is 2.60. The SMILES string of the molecule is NC(=O)Nc1sc(-c2ccc(CNCCCN3CCCC3=O)cc2)cc1C(N)=O. The van der Waals surface area contributed by atoms with Crippen molar-refractivity contribution in [2.45, 2.75) is 25.8 Å². The van der Waals surface area contributed by atoms with Gasteiger partial charge in [-0.25, -0.2) is 4.79 Å². The van der Waals surface area contributed by atoms with Gasteiger partial charge in [0.2, 0.25) is 5.91 Å². The number of thiophene rings is 1. The van der Waals surface area contributed by atoms with Gasteiger partial charge < -0.3 is 21.7 Å². The minimum Gasteiger partial charge on any atom is -0.366 e. The number of rotatable bonds is 9. The highest BCUT2D eigenvalue weighted by Gasteiger charge is 2.19. The lowest BCUT2D eigenvalue weighted by Crippen LogP contribution is -2.28. The first-order valence-corrected chi connectivity index (χ1v) is 10.3. The second kappa shape index (κ2) is 9.53. The molecule has 2 aromatic rings. The van der Waals surface area contributed by atoms with Gasteiger partial charge in [-0.3, -0.25) is 14.9 Å². The zero-order chi connectivity index (χ0) is 20.8. The van der Waals surface area contributed by atoms with Crippen LogP contribution in [0.2, 0.25) is 0 Å². The van der Waals surface area contributed by atoms with Crippen molar-refractivity contribution in [1.82, 2.24) is 10.2 Å². The number of urea groups is 1. The van der Waals surface area contributed by atoms with Gasteiger partial charge in [0.1, 0.15) is 5.00 Å². The molecule has 0 saturated carbocycles. The molecule has 0 radical (unpaired) electrons. The third-order valence-corrected chi connectivity index (χ3v) is 5.85. The van der Waals surface area contributed by atoms with Crippen LogP contribution in [0.25, 0.3) is 10.4 Å². The van der Waals surface area contributed by atoms with Crippen LogP contribution in [0.1, 0.15) is 35.2 Å². The molecule has 0 unspecified atom stereocenters. The zero-order valence-corrected chi connectivity index (χ0v) is 16.9. The molecule has 1 fully saturated rings. The Labute approximate surface area is 173 Å². The van der Waals surface area contributed by atoms with Crippen molar-refractivity contribution < 1.29 is 14.4 Å². The molecule has 1 aliphatic rings. The summed E-state index contributed by atoms with van der Waals surface area (Å²) >= 11 is 1.25. The van der Waals surface area contributed by atoms with Crippen LogP contribution < -0.4 is 22.1 Å². The lowest BCUT2D eigenvalue weighted by atomic mass is 10.1. The smallest absolute Gasteiger partial charge is 0.317 e. The summed E-state index contributed by atoms with van der Waals surface area (Å²) in [5, 5.41) is 6.18. The third kappa shape index (κ3) is 5.55. The van der Waals surface area contributed by atoms with E-state index in [1.807, 2.05) is 29.2 Å². The predicted molar refractivity (Wildman–Crippen MR) is 114 cm³/mol. The first-order valence-electron chi connectivity index (χ1n) is 9.52. The van der Waals surface area contributed by atoms with E-state index in [9.17, 15) is 14.4 Å². The van der Waals surface area contributed by atoms with Crippen LogP contribution in [0.5, 0.6) is 0 Å². The average molecular weight is 416 g/mol. The van der Waals surface area contributed by atoms with E-state index in [0.717, 1.165) is 55.0 Å². The van der Waals surface area contributed by atoms with Gasteiger partial charge in [0.05, 0.1) is 5.56 Å². The summed E-state index contributed by atoms with van der Waals surface area (Å²) in [5.41, 5.74) is 12.8. The molecule has 1 saturated heterocycles. The molecule has 9 heteroatoms. The molecular weight excluding hydrogens is 390 g/mol. The van der Waals surface area contributed by atoms with Gasteiger partial charge in [0, 0.05) is 30.9 Å². The Kier molecular flexibility index (Phi) is 6.84. The van der Waals surface area contributed by atoms with Crippen LogP contribution >= 0.6 is 11.3 Å². The Balaban J connectivity index is 1.52. The van der Waals surface area contributed by atoms with Crippen molar-refractivity contribution in [3.63, 3.8) is 0 Å². The van der Waals surface area contributed by atoms with Gasteiger partial charge in [0.15, 0.2) is 0 Å². The molecule has 0 atom stereocenters. The van der Waals surface area contributed by atoms with Crippen molar-refractivity contribution in [3.8, 4) is 10.4 Å². The lowest BCUT2D eigenvalue weighted by molar-refractivity contribution is -0.127. The molecule has 1 aromatic heterocycles. The first kappa shape index (κ1) is 20.8. The van der Waals surface area contributed by atoms with Gasteiger partial charge in [-0.1, -0.05) is 24.3 Å². The maximum atomic E-state index is 11.6. The van der Waals surface area contributed by atoms with Gasteiger partial charge in [0.25, 0.3) is 5.91 Å². The summed E-state index contributed by atoms with van der Waals surface area (Å²) in [7, 11) is 0. The van der Waals surface area contributed by atoms with E-state index in [1.165, 1.54) is 11.3 Å². The lowest BCUT2D eigenvalue weighted by Gasteiger charge is -2.15. The maximum Gasteiger partial charge on any atom is 0.317 e. The number of carbonyl (C=O) groups excluding carboxylic acids is 3. The van der Waals surface area contributed by atoms with Crippen molar-refractivity contribution in [2.75, 3.05) is 25.0 Å². The van der Waals surface area contributed by atoms with Gasteiger partial charge in [-0.2, -0.15) is 0 Å². The van der Waals surface area contributed by atoms with Crippen molar-refractivity contribution in [1.29, 1.82) is 0 Å². The largest absolute Gasteiger partial charge is 0.366 e. The van der Waals surface area contributed by atoms with E-state index in [2.05, 4.69) is 10.6 Å². The van der Waals surface area contributed by atoms with E-state index >= 15 is 0 Å². The van der Waals surface area contributed by atoms with E-state index in [4.69, 9.17) is 11.5 Å². The number of nitrogens with two attached hydrogens (primary N) is 2. The number of hydrogen-bond donors (Lipinski definition) is 4. The number of nitrogens with one attached hydrogen (secondary N) is 2. The standard InChI is InChI=1S/C20H25N5O3S/c21-18(27)15-11-16(29-19(15)24-20(22)28)14-6-4-13(5-7-14)12-23-8-2-10-25-9-1-3-17(25)26/h4-7,11,23H,1-3,8-10,12H2,(H2,21,27)(H3,22,24,28). The van der Waals surface area contributed by atoms with Crippen LogP contribution in [0.15, 0.2) is 30.3 Å². The Morgan fingerprint density at radius 2 is 1.93 bits per heavy atom. The van der Waals surface area contributed by atoms with Crippen LogP contribution in [0.3, 0.4) is 0 Å². The minimum atomic E-state index is -0.739. The minimum absolute atomic E-state index is 0.242. The molecule has 4 amide bonds. The molecule has 2 heterocycles. The van der Waals surface area contributed by atoms with E-state index in [0.29, 0.717) is 11.4 Å². The molecule has 0 spiro atoms. The molecule has 0 aliphatic carbocycles. The number of likely N-dealkylation sites (tertiary alicyclic amines) is 1. The van der Waals surface area contributed by atoms with E-state index in [-0.39, 0.29) is 11.5 Å². The molecule has 8 nitrogen and oxygen atoms in total. The molecule has 1 aliphatic heterocycles. The number of hydrogen-bond acceptors (Lipinski definition) is 5. The van der Waals surface area contributed by atoms with Crippen molar-refractivity contribution in [2.24, 2.45) is 11.5 Å². The summed E-state index contributed by atoms with van der Waals surface area (Å²) in [6, 6.07) is 8.87. The summed E-state index contributed by atoms with van der Waals surface area (Å²) in [6.45, 7) is 3.28. The number of benzene rings is 1. The fourth-order valence-corrected chi connectivity index (χ4v) is 4.35. The molecule has 6 N–H and O–H groups in total. The van der Waals surface area contributed by atoms with Gasteiger partial charge >= 0.3 is 6.03 Å². The van der Waals surface area contributed by atoms with Gasteiger partial charge in [-0.05, 0) is 36.6 Å². The molecule has 154 valence electrons. The highest BCUT2D eigenvalue weighted by atomic mass is 32.1. The highest BCUT2D eigenvalue weighted by molar-refractivity contribution is 7.20. The number of primary amides is 2. The molecular formula is C20H25N5O3S. The Bertz CT molecular complexity index is 894. The molecule has 0 bridgehead atoms. The maximum absolute atomic E-state index is 11.6. The van der Waals surface area contributed by atoms with Crippen LogP contribution in [0, 0.1) is 0 Å². The van der Waals surface area contributed by atoms with Gasteiger partial charge in [-0.15, -0.1) is 11.3 Å². The van der Waals surface area contributed by atoms with Crippen LogP contribution in [-0.2, 0) is 11.3 Å². The fraction of sp³-hybridized carbons (Fsp3) is 0.350. The van der Waals surface area contributed by atoms with Crippen molar-refractivity contribution >= 4 is 34.2 Å². The Morgan fingerprint density at radius 3 is 2.55 bits per heavy atom. The predicted octanol–water partition coefficient (Wildman–Crippen LogP) is 2.11. The number of anilines is 1. The quantitative estimate of drug-likeness (QED) is 0.467. The van der Waals surface area contributed by atoms with E-state index in [1.54, 1.807) is 6.07 Å². The zero-order valence-electron chi connectivity index (χ0n) is 16.1. The first-order chi connectivity index (χ1) is 13.9.